The SMILES string of the molecule is C1CCC(N(CCC2CCCCN2)C2CCCCC2)CC1. The van der Waals surface area contributed by atoms with E-state index in [1.54, 1.807) is 0 Å². The molecule has 1 unspecified atom stereocenters. The number of hydrogen-bond acceptors (Lipinski definition) is 2. The Morgan fingerprint density at radius 1 is 0.667 bits per heavy atom. The molecule has 2 saturated carbocycles. The van der Waals surface area contributed by atoms with E-state index in [1.807, 2.05) is 0 Å². The second-order valence-corrected chi connectivity index (χ2v) is 7.76. The Labute approximate surface area is 132 Å². The van der Waals surface area contributed by atoms with Crippen molar-refractivity contribution < 1.29 is 0 Å². The average Bonchev–Trinajstić information content (AvgIpc) is 2.58. The van der Waals surface area contributed by atoms with E-state index in [2.05, 4.69) is 10.2 Å². The van der Waals surface area contributed by atoms with Gasteiger partial charge in [-0.25, -0.2) is 0 Å². The van der Waals surface area contributed by atoms with Gasteiger partial charge in [-0.1, -0.05) is 44.9 Å². The van der Waals surface area contributed by atoms with Crippen molar-refractivity contribution in [2.75, 3.05) is 13.1 Å². The minimum Gasteiger partial charge on any atom is -0.314 e. The molecule has 1 heterocycles. The van der Waals surface area contributed by atoms with Crippen molar-refractivity contribution in [2.45, 2.75) is 108 Å². The molecule has 3 rings (SSSR count). The first-order chi connectivity index (χ1) is 10.4. The third-order valence-electron chi connectivity index (χ3n) is 6.24. The fourth-order valence-corrected chi connectivity index (χ4v) is 4.96. The average molecular weight is 293 g/mol. The molecule has 0 aromatic heterocycles. The minimum atomic E-state index is 0.813. The summed E-state index contributed by atoms with van der Waals surface area (Å²) in [6.07, 6.45) is 20.5. The summed E-state index contributed by atoms with van der Waals surface area (Å²) in [4.78, 5) is 2.98. The van der Waals surface area contributed by atoms with Gasteiger partial charge in [0.05, 0.1) is 0 Å². The van der Waals surface area contributed by atoms with Crippen LogP contribution in [-0.2, 0) is 0 Å². The fraction of sp³-hybridized carbons (Fsp3) is 1.00. The summed E-state index contributed by atoms with van der Waals surface area (Å²) in [7, 11) is 0. The first kappa shape index (κ1) is 15.8. The standard InChI is InChI=1S/C19H36N2/c1-3-10-18(11-4-1)21(19-12-5-2-6-13-19)16-14-17-9-7-8-15-20-17/h17-20H,1-16H2. The molecule has 1 saturated heterocycles. The zero-order valence-electron chi connectivity index (χ0n) is 14.0. The van der Waals surface area contributed by atoms with Crippen LogP contribution in [0.4, 0.5) is 0 Å². The van der Waals surface area contributed by atoms with Gasteiger partial charge in [0.2, 0.25) is 0 Å². The van der Waals surface area contributed by atoms with E-state index in [9.17, 15) is 0 Å². The first-order valence-corrected chi connectivity index (χ1v) is 9.92. The highest BCUT2D eigenvalue weighted by Crippen LogP contribution is 2.30. The van der Waals surface area contributed by atoms with Crippen molar-refractivity contribution in [2.24, 2.45) is 0 Å². The highest BCUT2D eigenvalue weighted by Gasteiger charge is 2.29. The van der Waals surface area contributed by atoms with Crippen molar-refractivity contribution in [3.05, 3.63) is 0 Å². The van der Waals surface area contributed by atoms with Crippen LogP contribution in [0.3, 0.4) is 0 Å². The number of piperidine rings is 1. The van der Waals surface area contributed by atoms with Crippen LogP contribution in [0.1, 0.15) is 89.9 Å². The summed E-state index contributed by atoms with van der Waals surface area (Å²) in [5.41, 5.74) is 0. The normalized spacial score (nSPS) is 29.9. The summed E-state index contributed by atoms with van der Waals surface area (Å²) in [5.74, 6) is 0. The molecule has 2 heteroatoms. The molecule has 3 fully saturated rings. The van der Waals surface area contributed by atoms with Crippen molar-refractivity contribution in [1.82, 2.24) is 10.2 Å². The molecule has 1 N–H and O–H groups in total. The van der Waals surface area contributed by atoms with E-state index in [0.717, 1.165) is 18.1 Å². The van der Waals surface area contributed by atoms with Gasteiger partial charge in [0.15, 0.2) is 0 Å². The Balaban J connectivity index is 1.54. The molecule has 2 aliphatic carbocycles. The van der Waals surface area contributed by atoms with Crippen LogP contribution in [0.2, 0.25) is 0 Å². The first-order valence-electron chi connectivity index (χ1n) is 9.92. The maximum atomic E-state index is 3.75. The van der Waals surface area contributed by atoms with Crippen LogP contribution in [-0.4, -0.2) is 36.1 Å². The lowest BCUT2D eigenvalue weighted by molar-refractivity contribution is 0.0752. The van der Waals surface area contributed by atoms with Gasteiger partial charge in [-0.15, -0.1) is 0 Å². The molecule has 2 nitrogen and oxygen atoms in total. The summed E-state index contributed by atoms with van der Waals surface area (Å²) < 4.78 is 0. The molecule has 21 heavy (non-hydrogen) atoms. The molecule has 122 valence electrons. The number of nitrogens with zero attached hydrogens (tertiary/aromatic N) is 1. The van der Waals surface area contributed by atoms with E-state index < -0.39 is 0 Å². The lowest BCUT2D eigenvalue weighted by Crippen LogP contribution is -2.47. The van der Waals surface area contributed by atoms with Crippen LogP contribution >= 0.6 is 0 Å². The molecule has 1 aliphatic heterocycles. The largest absolute Gasteiger partial charge is 0.314 e. The lowest BCUT2D eigenvalue weighted by atomic mass is 9.88. The minimum absolute atomic E-state index is 0.813. The van der Waals surface area contributed by atoms with Crippen LogP contribution in [0.5, 0.6) is 0 Å². The van der Waals surface area contributed by atoms with Gasteiger partial charge >= 0.3 is 0 Å². The van der Waals surface area contributed by atoms with E-state index in [4.69, 9.17) is 0 Å². The summed E-state index contributed by atoms with van der Waals surface area (Å²) in [6.45, 7) is 2.63. The number of hydrogen-bond donors (Lipinski definition) is 1. The molecule has 0 spiro atoms. The summed E-state index contributed by atoms with van der Waals surface area (Å²) in [6, 6.07) is 2.66. The van der Waals surface area contributed by atoms with E-state index in [-0.39, 0.29) is 0 Å². The third kappa shape index (κ3) is 4.69. The zero-order valence-corrected chi connectivity index (χ0v) is 14.0. The molecule has 0 radical (unpaired) electrons. The Morgan fingerprint density at radius 3 is 1.76 bits per heavy atom. The van der Waals surface area contributed by atoms with E-state index in [0.29, 0.717) is 0 Å². The Bertz CT molecular complexity index is 255. The molecule has 0 bridgehead atoms. The van der Waals surface area contributed by atoms with Crippen LogP contribution in [0.25, 0.3) is 0 Å². The van der Waals surface area contributed by atoms with Gasteiger partial charge in [0.1, 0.15) is 0 Å². The molecule has 0 amide bonds. The lowest BCUT2D eigenvalue weighted by Gasteiger charge is -2.42. The van der Waals surface area contributed by atoms with Crippen molar-refractivity contribution in [3.8, 4) is 0 Å². The maximum Gasteiger partial charge on any atom is 0.00982 e. The molecule has 3 aliphatic rings. The van der Waals surface area contributed by atoms with Crippen LogP contribution in [0.15, 0.2) is 0 Å². The van der Waals surface area contributed by atoms with Crippen molar-refractivity contribution in [1.29, 1.82) is 0 Å². The van der Waals surface area contributed by atoms with Crippen molar-refractivity contribution >= 4 is 0 Å². The molecule has 1 atom stereocenters. The summed E-state index contributed by atoms with van der Waals surface area (Å²) >= 11 is 0. The zero-order chi connectivity index (χ0) is 14.3. The van der Waals surface area contributed by atoms with Gasteiger partial charge in [0.25, 0.3) is 0 Å². The van der Waals surface area contributed by atoms with Gasteiger partial charge in [-0.3, -0.25) is 4.90 Å². The fourth-order valence-electron chi connectivity index (χ4n) is 4.96. The van der Waals surface area contributed by atoms with Crippen LogP contribution < -0.4 is 5.32 Å². The second-order valence-electron chi connectivity index (χ2n) is 7.76. The Kier molecular flexibility index (Phi) is 6.42. The van der Waals surface area contributed by atoms with Gasteiger partial charge in [-0.2, -0.15) is 0 Å². The quantitative estimate of drug-likeness (QED) is 0.803. The van der Waals surface area contributed by atoms with E-state index >= 15 is 0 Å². The Morgan fingerprint density at radius 2 is 1.24 bits per heavy atom. The van der Waals surface area contributed by atoms with Crippen molar-refractivity contribution in [3.63, 3.8) is 0 Å². The second kappa shape index (κ2) is 8.53. The topological polar surface area (TPSA) is 15.3 Å². The summed E-state index contributed by atoms with van der Waals surface area (Å²) in [5, 5.41) is 3.75. The molecule has 0 aromatic rings. The maximum absolute atomic E-state index is 3.75. The van der Waals surface area contributed by atoms with E-state index in [1.165, 1.54) is 103 Å². The number of nitrogens with one attached hydrogen (secondary N) is 1. The molecular formula is C19H36N2. The monoisotopic (exact) mass is 292 g/mol. The predicted octanol–water partition coefficient (Wildman–Crippen LogP) is 4.49. The smallest absolute Gasteiger partial charge is 0.00982 e. The Hall–Kier alpha value is -0.0800. The number of rotatable bonds is 5. The van der Waals surface area contributed by atoms with Gasteiger partial charge in [0, 0.05) is 24.7 Å². The van der Waals surface area contributed by atoms with Crippen LogP contribution in [0, 0.1) is 0 Å². The van der Waals surface area contributed by atoms with Gasteiger partial charge < -0.3 is 5.32 Å². The molecule has 0 aromatic carbocycles. The highest BCUT2D eigenvalue weighted by molar-refractivity contribution is 4.85. The third-order valence-corrected chi connectivity index (χ3v) is 6.24. The highest BCUT2D eigenvalue weighted by atomic mass is 15.2. The molecular weight excluding hydrogens is 256 g/mol. The van der Waals surface area contributed by atoms with Gasteiger partial charge in [-0.05, 0) is 51.5 Å². The predicted molar refractivity (Wildman–Crippen MR) is 90.7 cm³/mol.